The monoisotopic (exact) mass is 312 g/mol. The molecule has 0 unspecified atom stereocenters. The van der Waals surface area contributed by atoms with Gasteiger partial charge in [-0.2, -0.15) is 4.98 Å². The van der Waals surface area contributed by atoms with E-state index in [2.05, 4.69) is 15.1 Å². The number of likely N-dealkylation sites (tertiary alicyclic amines) is 1. The molecule has 1 aliphatic heterocycles. The lowest BCUT2D eigenvalue weighted by Crippen LogP contribution is -2.29. The van der Waals surface area contributed by atoms with Crippen LogP contribution in [0.1, 0.15) is 66.1 Å². The molecule has 0 radical (unpaired) electrons. The minimum atomic E-state index is -0.0244. The van der Waals surface area contributed by atoms with Crippen molar-refractivity contribution in [3.05, 3.63) is 41.8 Å². The molecule has 6 heteroatoms. The van der Waals surface area contributed by atoms with Gasteiger partial charge in [-0.1, -0.05) is 24.1 Å². The molecule has 23 heavy (non-hydrogen) atoms. The first-order valence-electron chi connectivity index (χ1n) is 8.35. The fourth-order valence-corrected chi connectivity index (χ4v) is 3.56. The van der Waals surface area contributed by atoms with Crippen LogP contribution in [-0.4, -0.2) is 39.0 Å². The van der Waals surface area contributed by atoms with E-state index in [1.165, 1.54) is 12.8 Å². The molecule has 6 nitrogen and oxygen atoms in total. The van der Waals surface area contributed by atoms with Crippen LogP contribution in [0.2, 0.25) is 0 Å². The van der Waals surface area contributed by atoms with Crippen molar-refractivity contribution >= 4 is 5.91 Å². The molecule has 0 spiro atoms. The summed E-state index contributed by atoms with van der Waals surface area (Å²) in [6, 6.07) is 5.40. The number of aromatic nitrogens is 3. The van der Waals surface area contributed by atoms with Crippen molar-refractivity contribution in [1.82, 2.24) is 20.0 Å². The Morgan fingerprint density at radius 1 is 1.17 bits per heavy atom. The van der Waals surface area contributed by atoms with Gasteiger partial charge in [0.25, 0.3) is 5.91 Å². The largest absolute Gasteiger partial charge is 0.339 e. The Balaban J connectivity index is 1.43. The van der Waals surface area contributed by atoms with Gasteiger partial charge in [0.05, 0.1) is 5.92 Å². The lowest BCUT2D eigenvalue weighted by atomic mass is 10.1. The highest BCUT2D eigenvalue weighted by Gasteiger charge is 2.33. The fourth-order valence-electron chi connectivity index (χ4n) is 3.56. The molecule has 0 aromatic carbocycles. The minimum Gasteiger partial charge on any atom is -0.339 e. The third-order valence-corrected chi connectivity index (χ3v) is 4.89. The van der Waals surface area contributed by atoms with Crippen molar-refractivity contribution in [3.63, 3.8) is 0 Å². The molecular weight excluding hydrogens is 292 g/mol. The summed E-state index contributed by atoms with van der Waals surface area (Å²) in [4.78, 5) is 23.0. The summed E-state index contributed by atoms with van der Waals surface area (Å²) in [5.74, 6) is 2.12. The third kappa shape index (κ3) is 2.85. The molecule has 2 aromatic heterocycles. The Kier molecular flexibility index (Phi) is 3.81. The fraction of sp³-hybridized carbons (Fsp3) is 0.529. The van der Waals surface area contributed by atoms with E-state index in [-0.39, 0.29) is 11.8 Å². The molecule has 3 heterocycles. The number of amides is 1. The van der Waals surface area contributed by atoms with Gasteiger partial charge in [0.15, 0.2) is 5.82 Å². The summed E-state index contributed by atoms with van der Waals surface area (Å²) in [5.41, 5.74) is 0.491. The number of rotatable bonds is 3. The van der Waals surface area contributed by atoms with Gasteiger partial charge in [-0.3, -0.25) is 9.78 Å². The van der Waals surface area contributed by atoms with E-state index in [9.17, 15) is 4.79 Å². The minimum absolute atomic E-state index is 0.0244. The van der Waals surface area contributed by atoms with Crippen molar-refractivity contribution in [2.45, 2.75) is 43.9 Å². The Morgan fingerprint density at radius 3 is 2.83 bits per heavy atom. The van der Waals surface area contributed by atoms with Gasteiger partial charge in [0, 0.05) is 25.2 Å². The number of carbonyl (C=O) groups is 1. The number of hydrogen-bond acceptors (Lipinski definition) is 5. The van der Waals surface area contributed by atoms with Crippen LogP contribution in [0.25, 0.3) is 0 Å². The summed E-state index contributed by atoms with van der Waals surface area (Å²) in [5, 5.41) is 4.17. The van der Waals surface area contributed by atoms with Crippen LogP contribution in [0.3, 0.4) is 0 Å². The molecule has 0 bridgehead atoms. The van der Waals surface area contributed by atoms with Crippen molar-refractivity contribution in [2.75, 3.05) is 13.1 Å². The first-order chi connectivity index (χ1) is 11.3. The lowest BCUT2D eigenvalue weighted by Gasteiger charge is -2.14. The Morgan fingerprint density at radius 2 is 2.04 bits per heavy atom. The molecule has 2 aliphatic rings. The number of hydrogen-bond donors (Lipinski definition) is 0. The Bertz CT molecular complexity index is 679. The molecule has 1 aliphatic carbocycles. The Labute approximate surface area is 134 Å². The van der Waals surface area contributed by atoms with Crippen LogP contribution in [-0.2, 0) is 0 Å². The van der Waals surface area contributed by atoms with Crippen LogP contribution in [0.5, 0.6) is 0 Å². The molecule has 120 valence electrons. The number of pyridine rings is 1. The van der Waals surface area contributed by atoms with Crippen molar-refractivity contribution in [1.29, 1.82) is 0 Å². The zero-order valence-electron chi connectivity index (χ0n) is 13.0. The van der Waals surface area contributed by atoms with Crippen LogP contribution in [0.15, 0.2) is 28.9 Å². The molecule has 1 amide bonds. The van der Waals surface area contributed by atoms with Gasteiger partial charge < -0.3 is 9.42 Å². The van der Waals surface area contributed by atoms with Gasteiger partial charge in [0.2, 0.25) is 5.89 Å². The maximum atomic E-state index is 12.4. The van der Waals surface area contributed by atoms with E-state index in [0.29, 0.717) is 30.6 Å². The second kappa shape index (κ2) is 6.10. The first kappa shape index (κ1) is 14.4. The average Bonchev–Trinajstić information content (AvgIpc) is 3.34. The van der Waals surface area contributed by atoms with Crippen LogP contribution in [0.4, 0.5) is 0 Å². The van der Waals surface area contributed by atoms with Crippen LogP contribution < -0.4 is 0 Å². The zero-order valence-corrected chi connectivity index (χ0v) is 13.0. The number of nitrogens with zero attached hydrogens (tertiary/aromatic N) is 4. The quantitative estimate of drug-likeness (QED) is 0.871. The maximum Gasteiger partial charge on any atom is 0.272 e. The number of carbonyl (C=O) groups excluding carboxylic acids is 1. The van der Waals surface area contributed by atoms with Gasteiger partial charge in [-0.05, 0) is 31.4 Å². The van der Waals surface area contributed by atoms with E-state index in [1.54, 1.807) is 12.3 Å². The summed E-state index contributed by atoms with van der Waals surface area (Å²) in [7, 11) is 0. The molecule has 0 N–H and O–H groups in total. The first-order valence-corrected chi connectivity index (χ1v) is 8.35. The van der Waals surface area contributed by atoms with E-state index in [1.807, 2.05) is 17.0 Å². The van der Waals surface area contributed by atoms with Gasteiger partial charge >= 0.3 is 0 Å². The molecule has 2 fully saturated rings. The van der Waals surface area contributed by atoms with E-state index in [0.717, 1.165) is 25.1 Å². The average molecular weight is 312 g/mol. The van der Waals surface area contributed by atoms with Crippen molar-refractivity contribution in [3.8, 4) is 0 Å². The predicted molar refractivity (Wildman–Crippen MR) is 83.0 cm³/mol. The van der Waals surface area contributed by atoms with Gasteiger partial charge in [-0.15, -0.1) is 0 Å². The highest BCUT2D eigenvalue weighted by molar-refractivity contribution is 5.92. The summed E-state index contributed by atoms with van der Waals surface area (Å²) in [6.45, 7) is 1.34. The maximum absolute atomic E-state index is 12.4. The summed E-state index contributed by atoms with van der Waals surface area (Å²) >= 11 is 0. The topological polar surface area (TPSA) is 72.1 Å². The second-order valence-electron chi connectivity index (χ2n) is 6.42. The van der Waals surface area contributed by atoms with Crippen LogP contribution >= 0.6 is 0 Å². The van der Waals surface area contributed by atoms with Gasteiger partial charge in [0.1, 0.15) is 5.69 Å². The SMILES string of the molecule is O=C(c1ccccn1)N1CC[C@H](c2nc(C3CCCC3)no2)C1. The molecule has 1 atom stereocenters. The van der Waals surface area contributed by atoms with E-state index in [4.69, 9.17) is 4.52 Å². The highest BCUT2D eigenvalue weighted by Crippen LogP contribution is 2.34. The molecule has 1 saturated carbocycles. The molecule has 2 aromatic rings. The van der Waals surface area contributed by atoms with Crippen molar-refractivity contribution < 1.29 is 9.32 Å². The van der Waals surface area contributed by atoms with Gasteiger partial charge in [-0.25, -0.2) is 0 Å². The highest BCUT2D eigenvalue weighted by atomic mass is 16.5. The van der Waals surface area contributed by atoms with E-state index < -0.39 is 0 Å². The van der Waals surface area contributed by atoms with Crippen LogP contribution in [0, 0.1) is 0 Å². The standard InChI is InChI=1S/C17H20N4O2/c22-17(14-7-3-4-9-18-14)21-10-8-13(11-21)16-19-15(20-23-16)12-5-1-2-6-12/h3-4,7,9,12-13H,1-2,5-6,8,10-11H2/t13-/m0/s1. The second-order valence-corrected chi connectivity index (χ2v) is 6.42. The lowest BCUT2D eigenvalue weighted by molar-refractivity contribution is 0.0784. The van der Waals surface area contributed by atoms with E-state index >= 15 is 0 Å². The smallest absolute Gasteiger partial charge is 0.272 e. The summed E-state index contributed by atoms with van der Waals surface area (Å²) < 4.78 is 5.48. The third-order valence-electron chi connectivity index (χ3n) is 4.89. The predicted octanol–water partition coefficient (Wildman–Crippen LogP) is 2.75. The molecular formula is C17H20N4O2. The molecule has 1 saturated heterocycles. The summed E-state index contributed by atoms with van der Waals surface area (Å²) in [6.07, 6.45) is 7.34. The zero-order chi connectivity index (χ0) is 15.6. The normalized spacial score (nSPS) is 21.9. The Hall–Kier alpha value is -2.24. The van der Waals surface area contributed by atoms with Crippen molar-refractivity contribution in [2.24, 2.45) is 0 Å². The molecule has 4 rings (SSSR count).